The van der Waals surface area contributed by atoms with Gasteiger partial charge in [0, 0.05) is 16.8 Å². The molecule has 2 aromatic carbocycles. The standard InChI is InChI=1S/C21H17ClN4O5S2/c1-30-18-10-13(7-8-17(18)31-12-14-5-3-4-6-16(14)22)9-15(11-23)19(27)24-20-25-26-21(32-20)33(2,28)29/h3-10H,12H2,1-2H3,(H,24,25,27). The molecule has 0 fully saturated rings. The molecule has 1 heterocycles. The van der Waals surface area contributed by atoms with Crippen LogP contribution in [0.4, 0.5) is 5.13 Å². The van der Waals surface area contributed by atoms with Crippen molar-refractivity contribution >= 4 is 49.9 Å². The van der Waals surface area contributed by atoms with Crippen molar-refractivity contribution in [1.29, 1.82) is 5.26 Å². The fraction of sp³-hybridized carbons (Fsp3) is 0.143. The Morgan fingerprint density at radius 2 is 2.00 bits per heavy atom. The summed E-state index contributed by atoms with van der Waals surface area (Å²) in [7, 11) is -2.08. The number of carbonyl (C=O) groups is 1. The van der Waals surface area contributed by atoms with E-state index in [2.05, 4.69) is 15.5 Å². The summed E-state index contributed by atoms with van der Waals surface area (Å²) in [4.78, 5) is 12.4. The fourth-order valence-corrected chi connectivity index (χ4v) is 4.25. The van der Waals surface area contributed by atoms with E-state index in [1.54, 1.807) is 24.3 Å². The second kappa shape index (κ2) is 10.4. The van der Waals surface area contributed by atoms with Crippen LogP contribution in [0.2, 0.25) is 5.02 Å². The predicted octanol–water partition coefficient (Wildman–Crippen LogP) is 3.73. The molecule has 170 valence electrons. The van der Waals surface area contributed by atoms with Crippen molar-refractivity contribution in [2.75, 3.05) is 18.7 Å². The quantitative estimate of drug-likeness (QED) is 0.279. The molecule has 1 N–H and O–H groups in total. The van der Waals surface area contributed by atoms with Gasteiger partial charge in [-0.25, -0.2) is 8.42 Å². The van der Waals surface area contributed by atoms with Crippen LogP contribution in [0.5, 0.6) is 11.5 Å². The van der Waals surface area contributed by atoms with E-state index in [-0.39, 0.29) is 21.7 Å². The number of sulfone groups is 1. The van der Waals surface area contributed by atoms with Crippen LogP contribution in [0.3, 0.4) is 0 Å². The molecule has 0 saturated carbocycles. The number of rotatable bonds is 8. The molecule has 0 radical (unpaired) electrons. The molecule has 0 aliphatic rings. The Kier molecular flexibility index (Phi) is 7.65. The monoisotopic (exact) mass is 504 g/mol. The molecular weight excluding hydrogens is 488 g/mol. The first-order valence-corrected chi connectivity index (χ1v) is 12.3. The first kappa shape index (κ1) is 24.2. The molecule has 0 atom stereocenters. The van der Waals surface area contributed by atoms with Crippen molar-refractivity contribution < 1.29 is 22.7 Å². The van der Waals surface area contributed by atoms with Crippen molar-refractivity contribution in [2.24, 2.45) is 0 Å². The first-order valence-electron chi connectivity index (χ1n) is 9.22. The largest absolute Gasteiger partial charge is 0.493 e. The minimum atomic E-state index is -3.55. The molecule has 0 unspecified atom stereocenters. The Balaban J connectivity index is 1.76. The van der Waals surface area contributed by atoms with E-state index in [1.165, 1.54) is 13.2 Å². The number of nitriles is 1. The van der Waals surface area contributed by atoms with Gasteiger partial charge in [-0.3, -0.25) is 10.1 Å². The van der Waals surface area contributed by atoms with Crippen LogP contribution < -0.4 is 14.8 Å². The van der Waals surface area contributed by atoms with Gasteiger partial charge in [-0.15, -0.1) is 10.2 Å². The van der Waals surface area contributed by atoms with Gasteiger partial charge in [0.05, 0.1) is 7.11 Å². The summed E-state index contributed by atoms with van der Waals surface area (Å²) in [5, 5.41) is 19.5. The second-order valence-corrected chi connectivity index (χ2v) is 10.1. The molecule has 9 nitrogen and oxygen atoms in total. The van der Waals surface area contributed by atoms with Crippen molar-refractivity contribution in [3.8, 4) is 17.6 Å². The van der Waals surface area contributed by atoms with Crippen LogP contribution in [0.1, 0.15) is 11.1 Å². The number of halogens is 1. The highest BCUT2D eigenvalue weighted by Crippen LogP contribution is 2.30. The number of hydrogen-bond acceptors (Lipinski definition) is 9. The molecule has 0 aliphatic carbocycles. The Hall–Kier alpha value is -3.46. The Morgan fingerprint density at radius 3 is 2.64 bits per heavy atom. The minimum absolute atomic E-state index is 0.0394. The number of ether oxygens (including phenoxy) is 2. The van der Waals surface area contributed by atoms with Crippen molar-refractivity contribution in [3.05, 3.63) is 64.2 Å². The summed E-state index contributed by atoms with van der Waals surface area (Å²) in [6, 6.07) is 14.0. The number of nitrogens with zero attached hydrogens (tertiary/aromatic N) is 3. The Morgan fingerprint density at radius 1 is 1.24 bits per heavy atom. The molecule has 3 aromatic rings. The summed E-state index contributed by atoms with van der Waals surface area (Å²) in [5.74, 6) is 0.0989. The lowest BCUT2D eigenvalue weighted by Gasteiger charge is -2.12. The number of aromatic nitrogens is 2. The highest BCUT2D eigenvalue weighted by molar-refractivity contribution is 7.92. The lowest BCUT2D eigenvalue weighted by Crippen LogP contribution is -2.13. The zero-order valence-electron chi connectivity index (χ0n) is 17.4. The lowest BCUT2D eigenvalue weighted by molar-refractivity contribution is -0.112. The summed E-state index contributed by atoms with van der Waals surface area (Å²) >= 11 is 6.84. The molecule has 3 rings (SSSR count). The zero-order valence-corrected chi connectivity index (χ0v) is 19.8. The molecule has 0 spiro atoms. The SMILES string of the molecule is COc1cc(C=C(C#N)C(=O)Nc2nnc(S(C)(=O)=O)s2)ccc1OCc1ccccc1Cl. The molecular formula is C21H17ClN4O5S2. The van der Waals surface area contributed by atoms with E-state index in [4.69, 9.17) is 21.1 Å². The number of amides is 1. The highest BCUT2D eigenvalue weighted by Gasteiger charge is 2.18. The van der Waals surface area contributed by atoms with Gasteiger partial charge in [0.2, 0.25) is 19.3 Å². The topological polar surface area (TPSA) is 131 Å². The fourth-order valence-electron chi connectivity index (χ4n) is 2.55. The number of nitrogens with one attached hydrogen (secondary N) is 1. The van der Waals surface area contributed by atoms with Gasteiger partial charge in [-0.2, -0.15) is 5.26 Å². The molecule has 33 heavy (non-hydrogen) atoms. The average Bonchev–Trinajstić information content (AvgIpc) is 3.26. The Bertz CT molecular complexity index is 1360. The molecule has 0 aliphatic heterocycles. The van der Waals surface area contributed by atoms with E-state index < -0.39 is 15.7 Å². The number of hydrogen-bond donors (Lipinski definition) is 1. The van der Waals surface area contributed by atoms with E-state index in [0.29, 0.717) is 33.4 Å². The van der Waals surface area contributed by atoms with Gasteiger partial charge in [0.15, 0.2) is 11.5 Å². The van der Waals surface area contributed by atoms with Crippen LogP contribution in [0.25, 0.3) is 6.08 Å². The van der Waals surface area contributed by atoms with Crippen LogP contribution in [0.15, 0.2) is 52.4 Å². The maximum absolute atomic E-state index is 12.4. The second-order valence-electron chi connectivity index (χ2n) is 6.56. The van der Waals surface area contributed by atoms with Crippen LogP contribution >= 0.6 is 22.9 Å². The maximum atomic E-state index is 12.4. The maximum Gasteiger partial charge on any atom is 0.268 e. The number of benzene rings is 2. The normalized spacial score (nSPS) is 11.5. The summed E-state index contributed by atoms with van der Waals surface area (Å²) in [6.45, 7) is 0.231. The zero-order chi connectivity index (χ0) is 24.0. The van der Waals surface area contributed by atoms with Gasteiger partial charge in [0.1, 0.15) is 18.2 Å². The van der Waals surface area contributed by atoms with Crippen LogP contribution in [0, 0.1) is 11.3 Å². The third-order valence-electron chi connectivity index (χ3n) is 4.15. The summed E-state index contributed by atoms with van der Waals surface area (Å²) in [5.41, 5.74) is 1.10. The minimum Gasteiger partial charge on any atom is -0.493 e. The number of carbonyl (C=O) groups excluding carboxylic acids is 1. The van der Waals surface area contributed by atoms with Gasteiger partial charge >= 0.3 is 0 Å². The van der Waals surface area contributed by atoms with Gasteiger partial charge < -0.3 is 9.47 Å². The van der Waals surface area contributed by atoms with E-state index in [9.17, 15) is 18.5 Å². The number of methoxy groups -OCH3 is 1. The summed E-state index contributed by atoms with van der Waals surface area (Å²) in [6.07, 6.45) is 2.34. The third-order valence-corrected chi connectivity index (χ3v) is 7.03. The van der Waals surface area contributed by atoms with Crippen LogP contribution in [-0.4, -0.2) is 37.9 Å². The molecule has 1 aromatic heterocycles. The van der Waals surface area contributed by atoms with Crippen molar-refractivity contribution in [1.82, 2.24) is 10.2 Å². The molecule has 0 bridgehead atoms. The van der Waals surface area contributed by atoms with E-state index in [0.717, 1.165) is 11.8 Å². The smallest absolute Gasteiger partial charge is 0.268 e. The van der Waals surface area contributed by atoms with E-state index >= 15 is 0 Å². The predicted molar refractivity (Wildman–Crippen MR) is 124 cm³/mol. The summed E-state index contributed by atoms with van der Waals surface area (Å²) < 4.78 is 33.9. The highest BCUT2D eigenvalue weighted by atomic mass is 35.5. The lowest BCUT2D eigenvalue weighted by atomic mass is 10.1. The molecule has 12 heteroatoms. The van der Waals surface area contributed by atoms with Gasteiger partial charge in [-0.1, -0.05) is 47.2 Å². The molecule has 0 saturated heterocycles. The van der Waals surface area contributed by atoms with Gasteiger partial charge in [0.25, 0.3) is 5.91 Å². The molecule has 1 amide bonds. The van der Waals surface area contributed by atoms with Crippen molar-refractivity contribution in [2.45, 2.75) is 10.9 Å². The van der Waals surface area contributed by atoms with Crippen molar-refractivity contribution in [3.63, 3.8) is 0 Å². The first-order chi connectivity index (χ1) is 15.7. The van der Waals surface area contributed by atoms with E-state index in [1.807, 2.05) is 24.3 Å². The van der Waals surface area contributed by atoms with Crippen LogP contribution in [-0.2, 0) is 21.2 Å². The Labute approximate surface area is 199 Å². The van der Waals surface area contributed by atoms with Gasteiger partial charge in [-0.05, 0) is 29.8 Å². The average molecular weight is 505 g/mol. The number of anilines is 1. The third kappa shape index (κ3) is 6.29.